The fourth-order valence-corrected chi connectivity index (χ4v) is 1.93. The third-order valence-corrected chi connectivity index (χ3v) is 2.78. The molecule has 0 radical (unpaired) electrons. The molecule has 0 aliphatic carbocycles. The van der Waals surface area contributed by atoms with Gasteiger partial charge in [0.2, 0.25) is 0 Å². The van der Waals surface area contributed by atoms with Crippen LogP contribution < -0.4 is 5.32 Å². The number of nitrogens with zero attached hydrogens (tertiary/aromatic N) is 3. The van der Waals surface area contributed by atoms with E-state index in [1.807, 2.05) is 13.8 Å². The fraction of sp³-hybridized carbons (Fsp3) is 0.733. The maximum Gasteiger partial charge on any atom is 0.407 e. The first-order valence-electron chi connectivity index (χ1n) is 7.61. The molecule has 1 heterocycles. The third-order valence-electron chi connectivity index (χ3n) is 2.78. The van der Waals surface area contributed by atoms with Gasteiger partial charge in [0.25, 0.3) is 0 Å². The van der Waals surface area contributed by atoms with E-state index in [4.69, 9.17) is 9.47 Å². The van der Waals surface area contributed by atoms with Crippen molar-refractivity contribution < 1.29 is 19.1 Å². The number of nitrogens with one attached hydrogen (secondary N) is 1. The van der Waals surface area contributed by atoms with Gasteiger partial charge in [0.15, 0.2) is 5.69 Å². The zero-order chi connectivity index (χ0) is 17.6. The van der Waals surface area contributed by atoms with Gasteiger partial charge < -0.3 is 14.8 Å². The molecule has 1 aromatic heterocycles. The van der Waals surface area contributed by atoms with E-state index in [-0.39, 0.29) is 5.69 Å². The lowest BCUT2D eigenvalue weighted by Crippen LogP contribution is -2.34. The lowest BCUT2D eigenvalue weighted by atomic mass is 10.2. The molecule has 23 heavy (non-hydrogen) atoms. The van der Waals surface area contributed by atoms with Crippen molar-refractivity contribution in [1.82, 2.24) is 20.3 Å². The molecule has 0 atom stereocenters. The summed E-state index contributed by atoms with van der Waals surface area (Å²) in [6.45, 7) is 10.4. The highest BCUT2D eigenvalue weighted by Crippen LogP contribution is 2.11. The van der Waals surface area contributed by atoms with Crippen LogP contribution >= 0.6 is 0 Å². The van der Waals surface area contributed by atoms with E-state index >= 15 is 0 Å². The lowest BCUT2D eigenvalue weighted by Gasteiger charge is -2.19. The number of amides is 1. The number of esters is 1. The minimum Gasteiger partial charge on any atom is -0.464 e. The first-order chi connectivity index (χ1) is 10.6. The average molecular weight is 326 g/mol. The highest BCUT2D eigenvalue weighted by Gasteiger charge is 2.21. The summed E-state index contributed by atoms with van der Waals surface area (Å²) in [6, 6.07) is 0. The molecule has 0 aromatic carbocycles. The van der Waals surface area contributed by atoms with E-state index in [0.717, 1.165) is 0 Å². The smallest absolute Gasteiger partial charge is 0.407 e. The number of alkyl carbamates (subject to hydrolysis) is 1. The van der Waals surface area contributed by atoms with Gasteiger partial charge in [-0.1, -0.05) is 19.1 Å². The fourth-order valence-electron chi connectivity index (χ4n) is 1.93. The molecule has 0 spiro atoms. The normalized spacial score (nSPS) is 11.4. The molecule has 0 aliphatic rings. The first kappa shape index (κ1) is 18.9. The Morgan fingerprint density at radius 3 is 2.48 bits per heavy atom. The SMILES string of the molecule is COC(=O)c1nnn(CC(C)C)c1CCNC(=O)OC(C)(C)C. The number of carbonyl (C=O) groups is 2. The van der Waals surface area contributed by atoms with Crippen LogP contribution in [-0.2, 0) is 22.4 Å². The molecule has 130 valence electrons. The highest BCUT2D eigenvalue weighted by atomic mass is 16.6. The van der Waals surface area contributed by atoms with Crippen molar-refractivity contribution in [1.29, 1.82) is 0 Å². The van der Waals surface area contributed by atoms with E-state index < -0.39 is 17.7 Å². The molecule has 0 saturated heterocycles. The summed E-state index contributed by atoms with van der Waals surface area (Å²) < 4.78 is 11.6. The van der Waals surface area contributed by atoms with Crippen LogP contribution in [-0.4, -0.2) is 46.3 Å². The molecule has 0 unspecified atom stereocenters. The average Bonchev–Trinajstić information content (AvgIpc) is 2.78. The molecule has 8 heteroatoms. The van der Waals surface area contributed by atoms with Crippen LogP contribution in [0.4, 0.5) is 4.79 Å². The Balaban J connectivity index is 2.75. The van der Waals surface area contributed by atoms with Gasteiger partial charge >= 0.3 is 12.1 Å². The van der Waals surface area contributed by atoms with E-state index in [0.29, 0.717) is 31.1 Å². The van der Waals surface area contributed by atoms with Crippen LogP contribution in [0.2, 0.25) is 0 Å². The number of ether oxygens (including phenoxy) is 2. The summed E-state index contributed by atoms with van der Waals surface area (Å²) in [5.41, 5.74) is 0.267. The lowest BCUT2D eigenvalue weighted by molar-refractivity contribution is 0.0528. The summed E-state index contributed by atoms with van der Waals surface area (Å²) in [7, 11) is 1.30. The maximum atomic E-state index is 11.8. The van der Waals surface area contributed by atoms with E-state index in [9.17, 15) is 9.59 Å². The molecule has 8 nitrogen and oxygen atoms in total. The summed E-state index contributed by atoms with van der Waals surface area (Å²) in [4.78, 5) is 23.4. The molecule has 1 N–H and O–H groups in total. The zero-order valence-electron chi connectivity index (χ0n) is 14.7. The maximum absolute atomic E-state index is 11.8. The van der Waals surface area contributed by atoms with Crippen LogP contribution in [0.1, 0.15) is 50.8 Å². The van der Waals surface area contributed by atoms with Crippen LogP contribution in [0, 0.1) is 5.92 Å². The molecule has 0 fully saturated rings. The van der Waals surface area contributed by atoms with Crippen molar-refractivity contribution in [2.45, 2.75) is 53.2 Å². The van der Waals surface area contributed by atoms with Crippen LogP contribution in [0.15, 0.2) is 0 Å². The van der Waals surface area contributed by atoms with E-state index in [1.54, 1.807) is 25.5 Å². The topological polar surface area (TPSA) is 95.3 Å². The second-order valence-corrected chi connectivity index (χ2v) is 6.63. The Morgan fingerprint density at radius 1 is 1.30 bits per heavy atom. The summed E-state index contributed by atoms with van der Waals surface area (Å²) in [5, 5.41) is 10.6. The van der Waals surface area contributed by atoms with Crippen molar-refractivity contribution in [2.24, 2.45) is 5.92 Å². The minimum absolute atomic E-state index is 0.180. The third kappa shape index (κ3) is 6.25. The predicted octanol–water partition coefficient (Wildman–Crippen LogP) is 1.79. The second-order valence-electron chi connectivity index (χ2n) is 6.63. The number of methoxy groups -OCH3 is 1. The number of hydrogen-bond donors (Lipinski definition) is 1. The molecule has 0 saturated carbocycles. The van der Waals surface area contributed by atoms with Crippen molar-refractivity contribution in [3.8, 4) is 0 Å². The Hall–Kier alpha value is -2.12. The van der Waals surface area contributed by atoms with Crippen molar-refractivity contribution in [2.75, 3.05) is 13.7 Å². The van der Waals surface area contributed by atoms with Gasteiger partial charge in [-0.05, 0) is 26.7 Å². The van der Waals surface area contributed by atoms with Gasteiger partial charge in [-0.15, -0.1) is 5.10 Å². The monoisotopic (exact) mass is 326 g/mol. The molecular weight excluding hydrogens is 300 g/mol. The van der Waals surface area contributed by atoms with Gasteiger partial charge in [-0.3, -0.25) is 0 Å². The Morgan fingerprint density at radius 2 is 1.96 bits per heavy atom. The Labute approximate surface area is 136 Å². The van der Waals surface area contributed by atoms with Gasteiger partial charge in [0.1, 0.15) is 5.60 Å². The summed E-state index contributed by atoms with van der Waals surface area (Å²) in [5.74, 6) is -0.188. The van der Waals surface area contributed by atoms with Gasteiger partial charge in [-0.25, -0.2) is 14.3 Å². The molecule has 1 aromatic rings. The number of aromatic nitrogens is 3. The predicted molar refractivity (Wildman–Crippen MR) is 84.1 cm³/mol. The van der Waals surface area contributed by atoms with Crippen molar-refractivity contribution in [3.63, 3.8) is 0 Å². The van der Waals surface area contributed by atoms with Crippen molar-refractivity contribution >= 4 is 12.1 Å². The standard InChI is InChI=1S/C15H26N4O4/c1-10(2)9-19-11(12(17-18-19)13(20)22-6)7-8-16-14(21)23-15(3,4)5/h10H,7-9H2,1-6H3,(H,16,21). The number of carbonyl (C=O) groups excluding carboxylic acids is 2. The molecule has 1 rings (SSSR count). The first-order valence-corrected chi connectivity index (χ1v) is 7.61. The van der Waals surface area contributed by atoms with Crippen LogP contribution in [0.3, 0.4) is 0 Å². The molecule has 1 amide bonds. The summed E-state index contributed by atoms with van der Waals surface area (Å²) >= 11 is 0. The Kier molecular flexibility index (Phi) is 6.53. The number of hydrogen-bond acceptors (Lipinski definition) is 6. The van der Waals surface area contributed by atoms with Gasteiger partial charge in [0, 0.05) is 19.5 Å². The quantitative estimate of drug-likeness (QED) is 0.801. The largest absolute Gasteiger partial charge is 0.464 e. The minimum atomic E-state index is -0.553. The van der Waals surface area contributed by atoms with E-state index in [1.165, 1.54) is 7.11 Å². The van der Waals surface area contributed by atoms with Gasteiger partial charge in [-0.2, -0.15) is 0 Å². The number of rotatable bonds is 6. The highest BCUT2D eigenvalue weighted by molar-refractivity contribution is 5.88. The van der Waals surface area contributed by atoms with Gasteiger partial charge in [0.05, 0.1) is 12.8 Å². The van der Waals surface area contributed by atoms with Crippen LogP contribution in [0.25, 0.3) is 0 Å². The molecule has 0 bridgehead atoms. The molecular formula is C15H26N4O4. The van der Waals surface area contributed by atoms with Crippen LogP contribution in [0.5, 0.6) is 0 Å². The summed E-state index contributed by atoms with van der Waals surface area (Å²) in [6.07, 6.45) is -0.0939. The van der Waals surface area contributed by atoms with E-state index in [2.05, 4.69) is 15.6 Å². The second kappa shape index (κ2) is 7.94. The zero-order valence-corrected chi connectivity index (χ0v) is 14.7. The molecule has 0 aliphatic heterocycles. The Bertz CT molecular complexity index is 546. The van der Waals surface area contributed by atoms with Crippen molar-refractivity contribution in [3.05, 3.63) is 11.4 Å².